The predicted molar refractivity (Wildman–Crippen MR) is 95.9 cm³/mol. The van der Waals surface area contributed by atoms with Gasteiger partial charge in [0, 0.05) is 29.7 Å². The zero-order valence-corrected chi connectivity index (χ0v) is 15.8. The largest absolute Gasteiger partial charge is 0.379 e. The Morgan fingerprint density at radius 3 is 2.88 bits per heavy atom. The van der Waals surface area contributed by atoms with Gasteiger partial charge in [-0.2, -0.15) is 0 Å². The number of nitrogens with one attached hydrogen (secondary N) is 2. The minimum absolute atomic E-state index is 0.0953. The van der Waals surface area contributed by atoms with Gasteiger partial charge in [0.1, 0.15) is 0 Å². The van der Waals surface area contributed by atoms with Crippen LogP contribution < -0.4 is 10.0 Å². The van der Waals surface area contributed by atoms with Crippen molar-refractivity contribution in [3.8, 4) is 0 Å². The Morgan fingerprint density at radius 1 is 1.42 bits per heavy atom. The average molecular weight is 373 g/mol. The van der Waals surface area contributed by atoms with Gasteiger partial charge in [-0.25, -0.2) is 13.1 Å². The van der Waals surface area contributed by atoms with E-state index in [0.717, 1.165) is 4.90 Å². The van der Waals surface area contributed by atoms with Crippen LogP contribution in [0.15, 0.2) is 28.0 Å². The molecule has 0 aliphatic carbocycles. The SMILES string of the molecule is CC(C)OCCCNS(=O)(=O)c1ccc2c(c1)NC(=O)C[C@@H](C)S2. The van der Waals surface area contributed by atoms with Crippen LogP contribution >= 0.6 is 11.8 Å². The highest BCUT2D eigenvalue weighted by atomic mass is 32.2. The molecular weight excluding hydrogens is 348 g/mol. The first kappa shape index (κ1) is 19.2. The number of ether oxygens (including phenoxy) is 1. The molecule has 8 heteroatoms. The zero-order valence-electron chi connectivity index (χ0n) is 14.2. The van der Waals surface area contributed by atoms with Crippen LogP contribution in [0.25, 0.3) is 0 Å². The summed E-state index contributed by atoms with van der Waals surface area (Å²) >= 11 is 1.57. The van der Waals surface area contributed by atoms with Crippen LogP contribution in [0.5, 0.6) is 0 Å². The molecule has 0 unspecified atom stereocenters. The van der Waals surface area contributed by atoms with Gasteiger partial charge in [0.2, 0.25) is 15.9 Å². The molecule has 1 aromatic carbocycles. The molecule has 0 radical (unpaired) electrons. The molecule has 6 nitrogen and oxygen atoms in total. The van der Waals surface area contributed by atoms with Crippen LogP contribution in [0.3, 0.4) is 0 Å². The van der Waals surface area contributed by atoms with Gasteiger partial charge in [-0.15, -0.1) is 11.8 Å². The van der Waals surface area contributed by atoms with E-state index in [2.05, 4.69) is 10.0 Å². The maximum absolute atomic E-state index is 12.4. The summed E-state index contributed by atoms with van der Waals surface area (Å²) in [5.41, 5.74) is 0.556. The maximum atomic E-state index is 12.4. The highest BCUT2D eigenvalue weighted by Crippen LogP contribution is 2.36. The fourth-order valence-corrected chi connectivity index (χ4v) is 4.43. The summed E-state index contributed by atoms with van der Waals surface area (Å²) in [6.45, 7) is 6.67. The summed E-state index contributed by atoms with van der Waals surface area (Å²) in [5.74, 6) is -0.0953. The first-order valence-corrected chi connectivity index (χ1v) is 10.4. The van der Waals surface area contributed by atoms with E-state index in [1.54, 1.807) is 23.9 Å². The number of carbonyl (C=O) groups is 1. The Morgan fingerprint density at radius 2 is 2.17 bits per heavy atom. The monoisotopic (exact) mass is 372 g/mol. The first-order chi connectivity index (χ1) is 11.3. The first-order valence-electron chi connectivity index (χ1n) is 8.00. The summed E-state index contributed by atoms with van der Waals surface area (Å²) in [7, 11) is -3.60. The van der Waals surface area contributed by atoms with Gasteiger partial charge in [-0.05, 0) is 38.5 Å². The summed E-state index contributed by atoms with van der Waals surface area (Å²) in [4.78, 5) is 12.9. The fraction of sp³-hybridized carbons (Fsp3) is 0.562. The summed E-state index contributed by atoms with van der Waals surface area (Å²) in [5, 5.41) is 2.94. The van der Waals surface area contributed by atoms with Crippen LogP contribution in [0.2, 0.25) is 0 Å². The number of rotatable bonds is 7. The van der Waals surface area contributed by atoms with Gasteiger partial charge < -0.3 is 10.1 Å². The second kappa shape index (κ2) is 8.33. The number of anilines is 1. The summed E-state index contributed by atoms with van der Waals surface area (Å²) in [6, 6.07) is 4.84. The molecule has 0 saturated carbocycles. The molecule has 2 N–H and O–H groups in total. The van der Waals surface area contributed by atoms with E-state index in [9.17, 15) is 13.2 Å². The Labute approximate surface area is 147 Å². The molecule has 0 bridgehead atoms. The van der Waals surface area contributed by atoms with E-state index in [0.29, 0.717) is 31.7 Å². The summed E-state index contributed by atoms with van der Waals surface area (Å²) < 4.78 is 32.7. The van der Waals surface area contributed by atoms with Crippen molar-refractivity contribution in [2.45, 2.75) is 54.8 Å². The van der Waals surface area contributed by atoms with Gasteiger partial charge in [0.25, 0.3) is 0 Å². The number of amides is 1. The minimum atomic E-state index is -3.60. The number of hydrogen-bond acceptors (Lipinski definition) is 5. The van der Waals surface area contributed by atoms with E-state index in [1.807, 2.05) is 20.8 Å². The van der Waals surface area contributed by atoms with E-state index < -0.39 is 10.0 Å². The average Bonchev–Trinajstić information content (AvgIpc) is 2.61. The van der Waals surface area contributed by atoms with Crippen molar-refractivity contribution in [3.63, 3.8) is 0 Å². The van der Waals surface area contributed by atoms with Crippen LogP contribution in [0.1, 0.15) is 33.6 Å². The van der Waals surface area contributed by atoms with Crippen molar-refractivity contribution >= 4 is 33.4 Å². The van der Waals surface area contributed by atoms with Crippen molar-refractivity contribution < 1.29 is 17.9 Å². The normalized spacial score (nSPS) is 18.2. The van der Waals surface area contributed by atoms with Crippen molar-refractivity contribution in [1.29, 1.82) is 0 Å². The lowest BCUT2D eigenvalue weighted by atomic mass is 10.3. The fourth-order valence-electron chi connectivity index (χ4n) is 2.28. The molecule has 0 aromatic heterocycles. The lowest BCUT2D eigenvalue weighted by Crippen LogP contribution is -2.26. The third kappa shape index (κ3) is 5.47. The lowest BCUT2D eigenvalue weighted by molar-refractivity contribution is -0.116. The number of fused-ring (bicyclic) bond motifs is 1. The summed E-state index contributed by atoms with van der Waals surface area (Å²) in [6.07, 6.45) is 1.15. The van der Waals surface area contributed by atoms with Crippen molar-refractivity contribution in [2.24, 2.45) is 0 Å². The van der Waals surface area contributed by atoms with Crippen molar-refractivity contribution in [1.82, 2.24) is 4.72 Å². The highest BCUT2D eigenvalue weighted by molar-refractivity contribution is 8.00. The third-order valence-electron chi connectivity index (χ3n) is 3.40. The number of hydrogen-bond donors (Lipinski definition) is 2. The molecule has 0 fully saturated rings. The van der Waals surface area contributed by atoms with E-state index >= 15 is 0 Å². The number of carbonyl (C=O) groups excluding carboxylic acids is 1. The molecule has 134 valence electrons. The quantitative estimate of drug-likeness (QED) is 0.719. The molecule has 1 aromatic rings. The number of thioether (sulfide) groups is 1. The van der Waals surface area contributed by atoms with E-state index in [1.165, 1.54) is 6.07 Å². The maximum Gasteiger partial charge on any atom is 0.240 e. The van der Waals surface area contributed by atoms with Gasteiger partial charge in [0.15, 0.2) is 0 Å². The van der Waals surface area contributed by atoms with Crippen LogP contribution in [0.4, 0.5) is 5.69 Å². The Hall–Kier alpha value is -1.09. The topological polar surface area (TPSA) is 84.5 Å². The molecule has 24 heavy (non-hydrogen) atoms. The second-order valence-electron chi connectivity index (χ2n) is 6.01. The smallest absolute Gasteiger partial charge is 0.240 e. The highest BCUT2D eigenvalue weighted by Gasteiger charge is 2.22. The van der Waals surface area contributed by atoms with Gasteiger partial charge >= 0.3 is 0 Å². The van der Waals surface area contributed by atoms with E-state index in [-0.39, 0.29) is 22.2 Å². The molecular formula is C16H24N2O4S2. The Balaban J connectivity index is 2.04. The third-order valence-corrected chi connectivity index (χ3v) is 6.04. The Bertz CT molecular complexity index is 689. The molecule has 1 amide bonds. The van der Waals surface area contributed by atoms with Gasteiger partial charge in [-0.3, -0.25) is 4.79 Å². The zero-order chi connectivity index (χ0) is 17.7. The molecule has 1 heterocycles. The standard InChI is InChI=1S/C16H24N2O4S2/c1-11(2)22-8-4-7-17-24(20,21)13-5-6-15-14(10-13)18-16(19)9-12(3)23-15/h5-6,10-12,17H,4,7-9H2,1-3H3,(H,18,19)/t12-/m1/s1. The molecule has 1 aliphatic rings. The van der Waals surface area contributed by atoms with Crippen molar-refractivity contribution in [2.75, 3.05) is 18.5 Å². The van der Waals surface area contributed by atoms with Crippen molar-refractivity contribution in [3.05, 3.63) is 18.2 Å². The van der Waals surface area contributed by atoms with Crippen LogP contribution in [0, 0.1) is 0 Å². The molecule has 1 atom stereocenters. The van der Waals surface area contributed by atoms with E-state index in [4.69, 9.17) is 4.74 Å². The molecule has 0 saturated heterocycles. The Kier molecular flexibility index (Phi) is 6.68. The van der Waals surface area contributed by atoms with Crippen LogP contribution in [-0.2, 0) is 19.6 Å². The van der Waals surface area contributed by atoms with Gasteiger partial charge in [0.05, 0.1) is 16.7 Å². The molecule has 2 rings (SSSR count). The van der Waals surface area contributed by atoms with Crippen LogP contribution in [-0.4, -0.2) is 38.8 Å². The molecule has 0 spiro atoms. The minimum Gasteiger partial charge on any atom is -0.379 e. The molecule has 1 aliphatic heterocycles. The predicted octanol–water partition coefficient (Wildman–Crippen LogP) is 2.60. The number of benzene rings is 1. The lowest BCUT2D eigenvalue weighted by Gasteiger charge is -2.12. The number of sulfonamides is 1. The second-order valence-corrected chi connectivity index (χ2v) is 9.26. The van der Waals surface area contributed by atoms with Gasteiger partial charge in [-0.1, -0.05) is 6.92 Å².